The first-order chi connectivity index (χ1) is 7.31. The van der Waals surface area contributed by atoms with Crippen LogP contribution in [-0.2, 0) is 0 Å². The van der Waals surface area contributed by atoms with Gasteiger partial charge in [0.25, 0.3) is 0 Å². The molecular formula is C13H16BrN. The summed E-state index contributed by atoms with van der Waals surface area (Å²) >= 11 is 3.53. The Balaban J connectivity index is 2.04. The number of nitriles is 1. The summed E-state index contributed by atoms with van der Waals surface area (Å²) in [7, 11) is 0. The lowest BCUT2D eigenvalue weighted by atomic mass is 9.82. The molecule has 2 aliphatic rings. The summed E-state index contributed by atoms with van der Waals surface area (Å²) in [5.74, 6) is 1.28. The van der Waals surface area contributed by atoms with Crippen molar-refractivity contribution in [1.29, 1.82) is 5.26 Å². The quantitative estimate of drug-likeness (QED) is 0.746. The van der Waals surface area contributed by atoms with E-state index in [1.165, 1.54) is 35.7 Å². The summed E-state index contributed by atoms with van der Waals surface area (Å²) in [4.78, 5) is 0. The summed E-state index contributed by atoms with van der Waals surface area (Å²) in [6.07, 6.45) is 11.4. The second kappa shape index (κ2) is 4.99. The maximum absolute atomic E-state index is 8.92. The van der Waals surface area contributed by atoms with Crippen LogP contribution in [0.15, 0.2) is 22.2 Å². The minimum Gasteiger partial charge on any atom is -0.198 e. The highest BCUT2D eigenvalue weighted by Crippen LogP contribution is 2.41. The van der Waals surface area contributed by atoms with Crippen molar-refractivity contribution in [3.8, 4) is 6.07 Å². The fourth-order valence-electron chi connectivity index (χ4n) is 2.82. The minimum atomic E-state index is 0.517. The topological polar surface area (TPSA) is 23.8 Å². The van der Waals surface area contributed by atoms with Gasteiger partial charge in [0, 0.05) is 12.8 Å². The van der Waals surface area contributed by atoms with Gasteiger partial charge in [-0.1, -0.05) is 46.5 Å². The average Bonchev–Trinajstić information content (AvgIpc) is 2.85. The Bertz CT molecular complexity index is 329. The van der Waals surface area contributed by atoms with Gasteiger partial charge in [-0.2, -0.15) is 5.26 Å². The maximum atomic E-state index is 8.92. The largest absolute Gasteiger partial charge is 0.198 e. The van der Waals surface area contributed by atoms with Crippen LogP contribution in [0.4, 0.5) is 0 Å². The van der Waals surface area contributed by atoms with Gasteiger partial charge in [-0.3, -0.25) is 0 Å². The molecule has 0 spiro atoms. The first-order valence-electron chi connectivity index (χ1n) is 5.73. The van der Waals surface area contributed by atoms with Crippen LogP contribution in [-0.4, -0.2) is 0 Å². The number of halogens is 1. The lowest BCUT2D eigenvalue weighted by Gasteiger charge is -2.22. The molecule has 1 fully saturated rings. The molecule has 80 valence electrons. The Kier molecular flexibility index (Phi) is 3.64. The molecule has 1 unspecified atom stereocenters. The van der Waals surface area contributed by atoms with Crippen LogP contribution in [0.5, 0.6) is 0 Å². The van der Waals surface area contributed by atoms with Gasteiger partial charge in [0.15, 0.2) is 0 Å². The second-order valence-corrected chi connectivity index (χ2v) is 5.56. The van der Waals surface area contributed by atoms with Gasteiger partial charge in [-0.25, -0.2) is 0 Å². The van der Waals surface area contributed by atoms with E-state index >= 15 is 0 Å². The average molecular weight is 266 g/mol. The lowest BCUT2D eigenvalue weighted by molar-refractivity contribution is 0.389. The van der Waals surface area contributed by atoms with E-state index in [1.54, 1.807) is 0 Å². The fourth-order valence-corrected chi connectivity index (χ4v) is 3.28. The third kappa shape index (κ3) is 2.52. The van der Waals surface area contributed by atoms with Gasteiger partial charge in [0.2, 0.25) is 0 Å². The van der Waals surface area contributed by atoms with Gasteiger partial charge in [-0.15, -0.1) is 0 Å². The fraction of sp³-hybridized carbons (Fsp3) is 0.615. The summed E-state index contributed by atoms with van der Waals surface area (Å²) in [5.41, 5.74) is 1.47. The molecule has 0 N–H and O–H groups in total. The lowest BCUT2D eigenvalue weighted by Crippen LogP contribution is -2.13. The number of rotatable bonds is 3. The molecule has 1 saturated carbocycles. The summed E-state index contributed by atoms with van der Waals surface area (Å²) in [5, 5.41) is 8.92. The Morgan fingerprint density at radius 2 is 2.13 bits per heavy atom. The third-order valence-corrected chi connectivity index (χ3v) is 4.15. The van der Waals surface area contributed by atoms with E-state index < -0.39 is 0 Å². The zero-order valence-electron chi connectivity index (χ0n) is 8.88. The zero-order valence-corrected chi connectivity index (χ0v) is 10.5. The zero-order chi connectivity index (χ0) is 10.7. The van der Waals surface area contributed by atoms with Crippen LogP contribution >= 0.6 is 15.9 Å². The van der Waals surface area contributed by atoms with Crippen molar-refractivity contribution in [3.05, 3.63) is 22.2 Å². The van der Waals surface area contributed by atoms with Crippen LogP contribution in [0.25, 0.3) is 0 Å². The monoisotopic (exact) mass is 265 g/mol. The predicted octanol–water partition coefficient (Wildman–Crippen LogP) is 4.32. The molecule has 0 aliphatic heterocycles. The second-order valence-electron chi connectivity index (χ2n) is 4.55. The van der Waals surface area contributed by atoms with Gasteiger partial charge in [0.1, 0.15) is 0 Å². The van der Waals surface area contributed by atoms with Gasteiger partial charge in [-0.05, 0) is 29.2 Å². The number of nitrogens with zero attached hydrogens (tertiary/aromatic N) is 1. The van der Waals surface area contributed by atoms with Gasteiger partial charge < -0.3 is 0 Å². The standard InChI is InChI=1S/C13H16BrN/c14-12-6-5-11(9-12)13(7-8-15)10-3-1-2-4-10/h5-6,10,13H,1-4,7,9H2. The summed E-state index contributed by atoms with van der Waals surface area (Å²) in [6.45, 7) is 0. The Morgan fingerprint density at radius 3 is 2.67 bits per heavy atom. The molecule has 0 radical (unpaired) electrons. The molecule has 2 rings (SSSR count). The Morgan fingerprint density at radius 1 is 1.40 bits per heavy atom. The van der Waals surface area contributed by atoms with Crippen LogP contribution in [0.2, 0.25) is 0 Å². The summed E-state index contributed by atoms with van der Waals surface area (Å²) < 4.78 is 1.26. The van der Waals surface area contributed by atoms with Crippen molar-refractivity contribution in [1.82, 2.24) is 0 Å². The van der Waals surface area contributed by atoms with E-state index in [0.717, 1.165) is 12.3 Å². The molecule has 0 aromatic rings. The highest BCUT2D eigenvalue weighted by Gasteiger charge is 2.28. The molecule has 1 nitrogen and oxygen atoms in total. The highest BCUT2D eigenvalue weighted by atomic mass is 79.9. The molecule has 2 heteroatoms. The normalized spacial score (nSPS) is 23.5. The van der Waals surface area contributed by atoms with E-state index in [1.807, 2.05) is 0 Å². The molecule has 0 saturated heterocycles. The van der Waals surface area contributed by atoms with Gasteiger partial charge >= 0.3 is 0 Å². The first kappa shape index (κ1) is 11.0. The molecular weight excluding hydrogens is 250 g/mol. The Hall–Kier alpha value is -0.550. The SMILES string of the molecule is N#CCC(C1=CC=C(Br)C1)C1CCCC1. The minimum absolute atomic E-state index is 0.517. The number of hydrogen-bond acceptors (Lipinski definition) is 1. The van der Waals surface area contributed by atoms with Gasteiger partial charge in [0.05, 0.1) is 6.07 Å². The van der Waals surface area contributed by atoms with E-state index in [4.69, 9.17) is 5.26 Å². The van der Waals surface area contributed by atoms with Crippen molar-refractivity contribution in [2.24, 2.45) is 11.8 Å². The molecule has 0 heterocycles. The Labute approximate surface area is 100.0 Å². The third-order valence-electron chi connectivity index (χ3n) is 3.61. The molecule has 0 aromatic carbocycles. The van der Waals surface area contributed by atoms with E-state index in [9.17, 15) is 0 Å². The highest BCUT2D eigenvalue weighted by molar-refractivity contribution is 9.11. The van der Waals surface area contributed by atoms with Crippen molar-refractivity contribution in [2.75, 3.05) is 0 Å². The number of hydrogen-bond donors (Lipinski definition) is 0. The van der Waals surface area contributed by atoms with Crippen LogP contribution in [0.1, 0.15) is 38.5 Å². The van der Waals surface area contributed by atoms with Crippen molar-refractivity contribution >= 4 is 15.9 Å². The van der Waals surface area contributed by atoms with Crippen LogP contribution in [0.3, 0.4) is 0 Å². The first-order valence-corrected chi connectivity index (χ1v) is 6.52. The smallest absolute Gasteiger partial charge is 0.0628 e. The van der Waals surface area contributed by atoms with E-state index in [0.29, 0.717) is 12.3 Å². The molecule has 15 heavy (non-hydrogen) atoms. The molecule has 1 atom stereocenters. The predicted molar refractivity (Wildman–Crippen MR) is 65.4 cm³/mol. The van der Waals surface area contributed by atoms with E-state index in [2.05, 4.69) is 34.2 Å². The van der Waals surface area contributed by atoms with Crippen LogP contribution < -0.4 is 0 Å². The van der Waals surface area contributed by atoms with Crippen molar-refractivity contribution < 1.29 is 0 Å². The molecule has 0 bridgehead atoms. The van der Waals surface area contributed by atoms with Crippen molar-refractivity contribution in [3.63, 3.8) is 0 Å². The molecule has 0 amide bonds. The number of allylic oxidation sites excluding steroid dienone is 4. The van der Waals surface area contributed by atoms with Crippen molar-refractivity contribution in [2.45, 2.75) is 38.5 Å². The summed E-state index contributed by atoms with van der Waals surface area (Å²) in [6, 6.07) is 2.36. The molecule has 2 aliphatic carbocycles. The van der Waals surface area contributed by atoms with E-state index in [-0.39, 0.29) is 0 Å². The molecule has 0 aromatic heterocycles. The van der Waals surface area contributed by atoms with Crippen LogP contribution in [0, 0.1) is 23.2 Å². The maximum Gasteiger partial charge on any atom is 0.0628 e.